The van der Waals surface area contributed by atoms with Crippen molar-refractivity contribution in [3.05, 3.63) is 60.7 Å². The van der Waals surface area contributed by atoms with Gasteiger partial charge in [-0.15, -0.1) is 11.8 Å². The van der Waals surface area contributed by atoms with E-state index in [9.17, 15) is 8.42 Å². The number of fused-ring (bicyclic) bond motifs is 2. The van der Waals surface area contributed by atoms with Crippen molar-refractivity contribution in [3.8, 4) is 5.75 Å². The maximum Gasteiger partial charge on any atom is 0.192 e. The van der Waals surface area contributed by atoms with Gasteiger partial charge in [-0.25, -0.2) is 8.42 Å². The first-order chi connectivity index (χ1) is 16.0. The molecule has 1 N–H and O–H groups in total. The Hall–Kier alpha value is -2.22. The zero-order valence-electron chi connectivity index (χ0n) is 18.9. The van der Waals surface area contributed by atoms with Crippen LogP contribution in [0.3, 0.4) is 0 Å². The van der Waals surface area contributed by atoms with Crippen LogP contribution in [0.4, 0.5) is 5.69 Å². The van der Waals surface area contributed by atoms with Crippen LogP contribution in [0.25, 0.3) is 10.8 Å². The first-order valence-corrected chi connectivity index (χ1v) is 14.1. The molecule has 3 aromatic rings. The summed E-state index contributed by atoms with van der Waals surface area (Å²) in [5, 5.41) is 5.30. The van der Waals surface area contributed by atoms with Gasteiger partial charge in [0.25, 0.3) is 0 Å². The van der Waals surface area contributed by atoms with E-state index < -0.39 is 14.4 Å². The highest BCUT2D eigenvalue weighted by Gasteiger charge is 2.32. The minimum absolute atomic E-state index is 0.364. The Morgan fingerprint density at radius 1 is 1.09 bits per heavy atom. The number of nitrogens with zero attached hydrogens (tertiary/aromatic N) is 1. The van der Waals surface area contributed by atoms with Gasteiger partial charge in [0.2, 0.25) is 0 Å². The van der Waals surface area contributed by atoms with Crippen molar-refractivity contribution in [1.29, 1.82) is 0 Å². The molecule has 0 aromatic heterocycles. The molecule has 2 heterocycles. The smallest absolute Gasteiger partial charge is 0.192 e. The molecule has 0 amide bonds. The average Bonchev–Trinajstić information content (AvgIpc) is 3.25. The Labute approximate surface area is 200 Å². The number of likely N-dealkylation sites (tertiary alicyclic amines) is 1. The van der Waals surface area contributed by atoms with Gasteiger partial charge in [0.05, 0.1) is 17.2 Å². The lowest BCUT2D eigenvalue weighted by Gasteiger charge is -2.26. The van der Waals surface area contributed by atoms with Gasteiger partial charge < -0.3 is 15.0 Å². The Bertz CT molecular complexity index is 1250. The van der Waals surface area contributed by atoms with E-state index in [1.54, 1.807) is 12.1 Å². The fourth-order valence-corrected chi connectivity index (χ4v) is 7.83. The number of thioether (sulfide) groups is 1. The minimum Gasteiger partial charge on any atom is -0.493 e. The van der Waals surface area contributed by atoms with E-state index in [1.807, 2.05) is 48.5 Å². The predicted molar refractivity (Wildman–Crippen MR) is 136 cm³/mol. The van der Waals surface area contributed by atoms with Gasteiger partial charge in [-0.1, -0.05) is 30.3 Å². The molecule has 33 heavy (non-hydrogen) atoms. The number of benzene rings is 3. The summed E-state index contributed by atoms with van der Waals surface area (Å²) in [6.45, 7) is 5.63. The summed E-state index contributed by atoms with van der Waals surface area (Å²) in [5.74, 6) is 0.826. The highest BCUT2D eigenvalue weighted by atomic mass is 32.3. The van der Waals surface area contributed by atoms with E-state index in [-0.39, 0.29) is 0 Å². The van der Waals surface area contributed by atoms with Crippen LogP contribution in [0.15, 0.2) is 70.5 Å². The Morgan fingerprint density at radius 2 is 1.94 bits per heavy atom. The molecular formula is C26H30N2O3S2. The molecule has 5 rings (SSSR count). The molecular weight excluding hydrogens is 452 g/mol. The highest BCUT2D eigenvalue weighted by Crippen LogP contribution is 2.41. The quantitative estimate of drug-likeness (QED) is 0.455. The standard InChI is InChI=1S/C26H30N2O3S2/c1-19-6-4-13-28(19)14-5-15-31-22-10-12-25-24(17-22)27-18-26(32-25)33(29,30)23-11-9-20-7-2-3-8-21(20)16-23/h2-3,7-12,16-17,19,26-27H,4-6,13-15,18H2,1H3/t19?,26-/m0/s1. The van der Waals surface area contributed by atoms with Gasteiger partial charge in [-0.05, 0) is 67.8 Å². The highest BCUT2D eigenvalue weighted by molar-refractivity contribution is 8.13. The number of nitrogens with one attached hydrogen (secondary N) is 1. The number of hydrogen-bond donors (Lipinski definition) is 1. The number of rotatable bonds is 7. The lowest BCUT2D eigenvalue weighted by molar-refractivity contribution is 0.230. The van der Waals surface area contributed by atoms with Crippen LogP contribution in [-0.4, -0.2) is 50.2 Å². The van der Waals surface area contributed by atoms with Crippen molar-refractivity contribution in [2.75, 3.05) is 31.6 Å². The maximum absolute atomic E-state index is 13.3. The van der Waals surface area contributed by atoms with Crippen LogP contribution >= 0.6 is 11.8 Å². The van der Waals surface area contributed by atoms with Gasteiger partial charge in [0, 0.05) is 30.1 Å². The molecule has 0 aliphatic carbocycles. The predicted octanol–water partition coefficient (Wildman–Crippen LogP) is 5.41. The van der Waals surface area contributed by atoms with E-state index in [0.29, 0.717) is 24.1 Å². The number of sulfone groups is 1. The molecule has 1 saturated heterocycles. The van der Waals surface area contributed by atoms with Crippen molar-refractivity contribution < 1.29 is 13.2 Å². The van der Waals surface area contributed by atoms with Gasteiger partial charge in [-0.2, -0.15) is 0 Å². The van der Waals surface area contributed by atoms with Crippen molar-refractivity contribution in [2.45, 2.75) is 46.6 Å². The summed E-state index contributed by atoms with van der Waals surface area (Å²) >= 11 is 1.41. The van der Waals surface area contributed by atoms with E-state index in [1.165, 1.54) is 31.1 Å². The van der Waals surface area contributed by atoms with Crippen molar-refractivity contribution >= 4 is 38.1 Å². The Kier molecular flexibility index (Phi) is 6.54. The van der Waals surface area contributed by atoms with Crippen LogP contribution < -0.4 is 10.1 Å². The fraction of sp³-hybridized carbons (Fsp3) is 0.385. The third kappa shape index (κ3) is 4.86. The second-order valence-electron chi connectivity index (χ2n) is 8.87. The van der Waals surface area contributed by atoms with Crippen molar-refractivity contribution in [2.24, 2.45) is 0 Å². The molecule has 7 heteroatoms. The van der Waals surface area contributed by atoms with Crippen LogP contribution in [0.5, 0.6) is 5.75 Å². The van der Waals surface area contributed by atoms with Gasteiger partial charge in [0.1, 0.15) is 10.3 Å². The molecule has 2 aliphatic rings. The van der Waals surface area contributed by atoms with Crippen LogP contribution in [0, 0.1) is 0 Å². The molecule has 2 atom stereocenters. The van der Waals surface area contributed by atoms with Gasteiger partial charge in [0.15, 0.2) is 9.84 Å². The number of ether oxygens (including phenoxy) is 1. The van der Waals surface area contributed by atoms with Crippen molar-refractivity contribution in [3.63, 3.8) is 0 Å². The number of anilines is 1. The fourth-order valence-electron chi connectivity index (χ4n) is 4.67. The second kappa shape index (κ2) is 9.57. The van der Waals surface area contributed by atoms with E-state index in [2.05, 4.69) is 17.1 Å². The van der Waals surface area contributed by atoms with Crippen LogP contribution in [0.2, 0.25) is 0 Å². The van der Waals surface area contributed by atoms with Gasteiger partial charge >= 0.3 is 0 Å². The summed E-state index contributed by atoms with van der Waals surface area (Å²) in [7, 11) is -3.47. The van der Waals surface area contributed by atoms with E-state index in [0.717, 1.165) is 40.1 Å². The first-order valence-electron chi connectivity index (χ1n) is 11.6. The number of hydrogen-bond acceptors (Lipinski definition) is 6. The normalized spacial score (nSPS) is 21.0. The monoisotopic (exact) mass is 482 g/mol. The summed E-state index contributed by atoms with van der Waals surface area (Å²) < 4.78 is 32.1. The summed E-state index contributed by atoms with van der Waals surface area (Å²) in [5.41, 5.74) is 0.940. The Balaban J connectivity index is 1.22. The molecule has 3 aromatic carbocycles. The van der Waals surface area contributed by atoms with Crippen molar-refractivity contribution in [1.82, 2.24) is 4.90 Å². The van der Waals surface area contributed by atoms with Gasteiger partial charge in [-0.3, -0.25) is 0 Å². The van der Waals surface area contributed by atoms with E-state index in [4.69, 9.17) is 4.74 Å². The van der Waals surface area contributed by atoms with Crippen LogP contribution in [-0.2, 0) is 9.84 Å². The summed E-state index contributed by atoms with van der Waals surface area (Å²) in [6, 6.07) is 19.8. The third-order valence-corrected chi connectivity index (χ3v) is 10.5. The zero-order valence-corrected chi connectivity index (χ0v) is 20.5. The summed E-state index contributed by atoms with van der Waals surface area (Å²) in [4.78, 5) is 3.84. The molecule has 174 valence electrons. The lowest BCUT2D eigenvalue weighted by Crippen LogP contribution is -2.29. The topological polar surface area (TPSA) is 58.6 Å². The summed E-state index contributed by atoms with van der Waals surface area (Å²) in [6.07, 6.45) is 3.61. The second-order valence-corrected chi connectivity index (χ2v) is 12.5. The largest absolute Gasteiger partial charge is 0.493 e. The molecule has 2 aliphatic heterocycles. The average molecular weight is 483 g/mol. The lowest BCUT2D eigenvalue weighted by atomic mass is 10.1. The molecule has 0 saturated carbocycles. The Morgan fingerprint density at radius 3 is 2.76 bits per heavy atom. The van der Waals surface area contributed by atoms with E-state index >= 15 is 0 Å². The van der Waals surface area contributed by atoms with Crippen LogP contribution in [0.1, 0.15) is 26.2 Å². The molecule has 0 radical (unpaired) electrons. The molecule has 5 nitrogen and oxygen atoms in total. The minimum atomic E-state index is -3.47. The zero-order chi connectivity index (χ0) is 22.8. The molecule has 0 bridgehead atoms. The maximum atomic E-state index is 13.3. The molecule has 1 unspecified atom stereocenters. The molecule has 0 spiro atoms. The third-order valence-electron chi connectivity index (χ3n) is 6.61. The molecule has 1 fully saturated rings. The first kappa shape index (κ1) is 22.6. The SMILES string of the molecule is CC1CCCN1CCCOc1ccc2c(c1)NC[C@H](S(=O)(=O)c1ccc3ccccc3c1)S2.